The van der Waals surface area contributed by atoms with E-state index < -0.39 is 59.8 Å². The van der Waals surface area contributed by atoms with Gasteiger partial charge in [0, 0.05) is 32.6 Å². The van der Waals surface area contributed by atoms with Gasteiger partial charge >= 0.3 is 5.97 Å². The third kappa shape index (κ3) is 15.5. The first-order chi connectivity index (χ1) is 30.9. The van der Waals surface area contributed by atoms with Gasteiger partial charge in [-0.25, -0.2) is 4.79 Å². The SMILES string of the molecule is CO[C@@H]1C[C@H](CC(C)[C@@H]2CC[C@H](C)/C=C(\C)[C@@H](O)[C@@H](OC)C(=O)[C@H](C)C[C@H](C)/C=C/C=C/C=C(\C)CC[C@@H]3CC[C@@H](C)[C@@](O)(O3)C(=O)C(=O)N3CCCC[C@H]3C(=O)O2)CC[C@H]1OCCO. The van der Waals surface area contributed by atoms with Crippen LogP contribution in [-0.4, -0.2) is 126 Å². The van der Waals surface area contributed by atoms with Crippen molar-refractivity contribution in [3.63, 3.8) is 0 Å². The minimum Gasteiger partial charge on any atom is -0.461 e. The number of hydrogen-bond acceptors (Lipinski definition) is 12. The van der Waals surface area contributed by atoms with Gasteiger partial charge in [0.05, 0.1) is 31.5 Å². The topological polar surface area (TPSA) is 178 Å². The number of ketones is 2. The molecule has 3 N–H and O–H groups in total. The standard InChI is InChI=1S/C52H83NO12/c1-33-15-11-10-12-16-34(2)29-37(5)46(55)48(62-9)47(56)38(6)30-35(3)19-24-43(36(4)31-40-21-25-44(63-28-27-54)45(32-40)61-8)64-51(59)42-17-13-14-26-53(42)50(58)49(57)52(60)39(7)20-23-41(65-52)22-18-33/h10-12,15-16,30,34-37,39-45,47-48,54,56,60H,13-14,17-29,31-32H2,1-9H3/b11-10+,16-12+,33-15+,38-30+/t34-,35+,36?,37-,39-,40+,41-,42+,43+,44-,45-,47-,48+,52-/m1/s1. The highest BCUT2D eigenvalue weighted by Crippen LogP contribution is 2.38. The molecule has 3 aliphatic heterocycles. The molecule has 1 unspecified atom stereocenters. The van der Waals surface area contributed by atoms with Gasteiger partial charge in [-0.05, 0) is 133 Å². The third-order valence-electron chi connectivity index (χ3n) is 14.5. The molecule has 1 saturated carbocycles. The fraction of sp³-hybridized carbons (Fsp3) is 0.769. The Morgan fingerprint density at radius 2 is 1.62 bits per heavy atom. The van der Waals surface area contributed by atoms with E-state index in [1.807, 2.05) is 51.2 Å². The Bertz CT molecular complexity index is 1670. The summed E-state index contributed by atoms with van der Waals surface area (Å²) in [5, 5.41) is 32.7. The predicted molar refractivity (Wildman–Crippen MR) is 249 cm³/mol. The summed E-state index contributed by atoms with van der Waals surface area (Å²) in [6.45, 7) is 13.9. The lowest BCUT2D eigenvalue weighted by Gasteiger charge is -2.42. The highest BCUT2D eigenvalue weighted by molar-refractivity contribution is 6.39. The summed E-state index contributed by atoms with van der Waals surface area (Å²) in [6, 6.07) is -1.000. The molecule has 2 bridgehead atoms. The predicted octanol–water partition coefficient (Wildman–Crippen LogP) is 7.39. The van der Waals surface area contributed by atoms with Gasteiger partial charge < -0.3 is 43.9 Å². The van der Waals surface area contributed by atoms with Crippen molar-refractivity contribution in [2.75, 3.05) is 34.0 Å². The van der Waals surface area contributed by atoms with E-state index in [2.05, 4.69) is 19.9 Å². The molecule has 0 spiro atoms. The van der Waals surface area contributed by atoms with Crippen LogP contribution in [0.1, 0.15) is 138 Å². The summed E-state index contributed by atoms with van der Waals surface area (Å²) in [5.74, 6) is -5.79. The van der Waals surface area contributed by atoms with E-state index in [1.54, 1.807) is 21.0 Å². The average molecular weight is 914 g/mol. The number of Topliss-reactive ketones (excluding diaryl/α,β-unsaturated/α-hetero) is 2. The second-order valence-corrected chi connectivity index (χ2v) is 19.9. The summed E-state index contributed by atoms with van der Waals surface area (Å²) in [6.07, 6.45) is 17.3. The van der Waals surface area contributed by atoms with Crippen molar-refractivity contribution in [3.05, 3.63) is 47.6 Å². The highest BCUT2D eigenvalue weighted by atomic mass is 16.6. The number of allylic oxidation sites excluding steroid dienone is 7. The Balaban J connectivity index is 1.64. The van der Waals surface area contributed by atoms with Crippen LogP contribution >= 0.6 is 0 Å². The molecule has 13 heteroatoms. The molecule has 3 heterocycles. The first-order valence-corrected chi connectivity index (χ1v) is 24.6. The number of amides is 1. The van der Waals surface area contributed by atoms with E-state index in [-0.39, 0.29) is 67.3 Å². The van der Waals surface area contributed by atoms with Crippen molar-refractivity contribution in [3.8, 4) is 0 Å². The van der Waals surface area contributed by atoms with Crippen LogP contribution in [0.25, 0.3) is 0 Å². The molecule has 0 aromatic carbocycles. The van der Waals surface area contributed by atoms with E-state index in [9.17, 15) is 34.5 Å². The van der Waals surface area contributed by atoms with Crippen molar-refractivity contribution < 1.29 is 58.2 Å². The average Bonchev–Trinajstić information content (AvgIpc) is 3.29. The zero-order valence-electron chi connectivity index (χ0n) is 41.0. The summed E-state index contributed by atoms with van der Waals surface area (Å²) in [7, 11) is 3.12. The fourth-order valence-electron chi connectivity index (χ4n) is 10.4. The van der Waals surface area contributed by atoms with Gasteiger partial charge in [0.25, 0.3) is 11.7 Å². The lowest BCUT2D eigenvalue weighted by Crippen LogP contribution is -2.60. The number of nitrogens with zero attached hydrogens (tertiary/aromatic N) is 1. The van der Waals surface area contributed by atoms with Crippen LogP contribution in [0, 0.1) is 35.5 Å². The maximum atomic E-state index is 14.4. The van der Waals surface area contributed by atoms with Crippen molar-refractivity contribution in [2.24, 2.45) is 35.5 Å². The molecular weight excluding hydrogens is 831 g/mol. The Labute approximate surface area is 389 Å². The number of methoxy groups -OCH3 is 2. The van der Waals surface area contributed by atoms with Crippen LogP contribution in [0.5, 0.6) is 0 Å². The van der Waals surface area contributed by atoms with Crippen molar-refractivity contribution in [2.45, 2.75) is 187 Å². The smallest absolute Gasteiger partial charge is 0.329 e. The third-order valence-corrected chi connectivity index (χ3v) is 14.5. The maximum Gasteiger partial charge on any atom is 0.329 e. The Hall–Kier alpha value is -3.04. The number of carbonyl (C=O) groups is 4. The lowest BCUT2D eigenvalue weighted by atomic mass is 9.78. The van der Waals surface area contributed by atoms with Gasteiger partial charge in [-0.2, -0.15) is 0 Å². The molecular formula is C52H83NO12. The zero-order chi connectivity index (χ0) is 47.8. The quantitative estimate of drug-likeness (QED) is 0.125. The molecule has 1 aliphatic carbocycles. The van der Waals surface area contributed by atoms with Gasteiger partial charge in [-0.15, -0.1) is 0 Å². The molecule has 2 saturated heterocycles. The second kappa shape index (κ2) is 26.5. The molecule has 4 aliphatic rings. The number of ether oxygens (including phenoxy) is 5. The maximum absolute atomic E-state index is 14.4. The monoisotopic (exact) mass is 914 g/mol. The summed E-state index contributed by atoms with van der Waals surface area (Å²) < 4.78 is 29.9. The number of hydrogen-bond donors (Lipinski definition) is 3. The number of carbonyl (C=O) groups excluding carboxylic acids is 4. The Morgan fingerprint density at radius 3 is 2.32 bits per heavy atom. The van der Waals surface area contributed by atoms with Crippen LogP contribution in [0.2, 0.25) is 0 Å². The van der Waals surface area contributed by atoms with E-state index in [4.69, 9.17) is 23.7 Å². The number of aliphatic hydroxyl groups excluding tert-OH is 2. The molecule has 368 valence electrons. The molecule has 1 amide bonds. The van der Waals surface area contributed by atoms with Crippen LogP contribution in [0.3, 0.4) is 0 Å². The first kappa shape index (κ1) is 54.6. The van der Waals surface area contributed by atoms with Crippen LogP contribution in [0.15, 0.2) is 47.6 Å². The highest BCUT2D eigenvalue weighted by Gasteiger charge is 2.52. The number of esters is 1. The number of piperidine rings is 1. The minimum atomic E-state index is -2.31. The molecule has 4 rings (SSSR count). The van der Waals surface area contributed by atoms with Gasteiger partial charge in [0.1, 0.15) is 24.4 Å². The summed E-state index contributed by atoms with van der Waals surface area (Å²) in [4.78, 5) is 57.7. The lowest BCUT2D eigenvalue weighted by molar-refractivity contribution is -0.263. The number of aliphatic hydroxyl groups is 3. The first-order valence-electron chi connectivity index (χ1n) is 24.6. The van der Waals surface area contributed by atoms with Gasteiger partial charge in [0.2, 0.25) is 5.79 Å². The van der Waals surface area contributed by atoms with E-state index in [1.165, 1.54) is 12.0 Å². The largest absolute Gasteiger partial charge is 0.461 e. The molecule has 0 radical (unpaired) electrons. The van der Waals surface area contributed by atoms with Gasteiger partial charge in [0.15, 0.2) is 5.78 Å². The molecule has 14 atom stereocenters. The molecule has 0 aromatic rings. The Morgan fingerprint density at radius 1 is 0.862 bits per heavy atom. The normalized spacial score (nSPS) is 39.2. The summed E-state index contributed by atoms with van der Waals surface area (Å²) in [5.41, 5.74) is 1.70. The van der Waals surface area contributed by atoms with Crippen molar-refractivity contribution in [1.82, 2.24) is 4.90 Å². The van der Waals surface area contributed by atoms with Crippen LogP contribution in [-0.2, 0) is 42.9 Å². The molecule has 65 heavy (non-hydrogen) atoms. The number of fused-ring (bicyclic) bond motifs is 3. The van der Waals surface area contributed by atoms with E-state index in [0.29, 0.717) is 69.8 Å². The second-order valence-electron chi connectivity index (χ2n) is 19.9. The zero-order valence-corrected chi connectivity index (χ0v) is 41.0. The summed E-state index contributed by atoms with van der Waals surface area (Å²) >= 11 is 0. The van der Waals surface area contributed by atoms with E-state index >= 15 is 0 Å². The molecule has 3 fully saturated rings. The van der Waals surface area contributed by atoms with Gasteiger partial charge in [-0.3, -0.25) is 14.4 Å². The van der Waals surface area contributed by atoms with Crippen LogP contribution in [0.4, 0.5) is 0 Å². The minimum absolute atomic E-state index is 0.0589. The molecule has 0 aromatic heterocycles. The number of cyclic esters (lactones) is 1. The van der Waals surface area contributed by atoms with Crippen LogP contribution < -0.4 is 0 Å². The van der Waals surface area contributed by atoms with Crippen molar-refractivity contribution >= 4 is 23.4 Å². The fourth-order valence-corrected chi connectivity index (χ4v) is 10.4. The molecule has 13 nitrogen and oxygen atoms in total. The van der Waals surface area contributed by atoms with E-state index in [0.717, 1.165) is 31.3 Å². The number of rotatable bonds is 8. The van der Waals surface area contributed by atoms with Crippen molar-refractivity contribution in [1.29, 1.82) is 0 Å². The van der Waals surface area contributed by atoms with Gasteiger partial charge in [-0.1, -0.05) is 76.6 Å². The Kier molecular flexibility index (Phi) is 22.2.